The lowest BCUT2D eigenvalue weighted by atomic mass is 10.1. The number of aryl methyl sites for hydroxylation is 1. The SMILES string of the molecule is CCCCc1ccc(C(=O)NC[C@H]2O[C@@H](n3ccc(=O)[nH]c3=O)[C@@H](O)[C@@H]2O)cc1. The van der Waals surface area contributed by atoms with Gasteiger partial charge in [-0.1, -0.05) is 25.5 Å². The highest BCUT2D eigenvalue weighted by Gasteiger charge is 2.44. The van der Waals surface area contributed by atoms with Crippen LogP contribution in [0.1, 0.15) is 41.9 Å². The van der Waals surface area contributed by atoms with E-state index in [0.29, 0.717) is 5.56 Å². The van der Waals surface area contributed by atoms with E-state index in [2.05, 4.69) is 17.2 Å². The zero-order valence-corrected chi connectivity index (χ0v) is 16.1. The lowest BCUT2D eigenvalue weighted by molar-refractivity contribution is -0.0387. The van der Waals surface area contributed by atoms with Gasteiger partial charge in [0.1, 0.15) is 18.3 Å². The van der Waals surface area contributed by atoms with Crippen LogP contribution >= 0.6 is 0 Å². The Balaban J connectivity index is 1.61. The summed E-state index contributed by atoms with van der Waals surface area (Å²) >= 11 is 0. The van der Waals surface area contributed by atoms with Crippen LogP contribution in [0.3, 0.4) is 0 Å². The summed E-state index contributed by atoms with van der Waals surface area (Å²) in [4.78, 5) is 37.5. The second-order valence-electron chi connectivity index (χ2n) is 7.07. The van der Waals surface area contributed by atoms with Crippen LogP contribution < -0.4 is 16.6 Å². The first-order chi connectivity index (χ1) is 13.9. The highest BCUT2D eigenvalue weighted by molar-refractivity contribution is 5.94. The number of hydrogen-bond donors (Lipinski definition) is 4. The largest absolute Gasteiger partial charge is 0.387 e. The quantitative estimate of drug-likeness (QED) is 0.511. The summed E-state index contributed by atoms with van der Waals surface area (Å²) in [5, 5.41) is 23.1. The minimum absolute atomic E-state index is 0.0523. The zero-order chi connectivity index (χ0) is 21.0. The molecule has 0 aliphatic carbocycles. The maximum atomic E-state index is 12.4. The number of ether oxygens (including phenoxy) is 1. The molecule has 0 bridgehead atoms. The van der Waals surface area contributed by atoms with Gasteiger partial charge >= 0.3 is 5.69 Å². The van der Waals surface area contributed by atoms with Crippen LogP contribution in [0.2, 0.25) is 0 Å². The Morgan fingerprint density at radius 2 is 1.90 bits per heavy atom. The van der Waals surface area contributed by atoms with Gasteiger partial charge in [-0.3, -0.25) is 19.1 Å². The highest BCUT2D eigenvalue weighted by Crippen LogP contribution is 2.27. The minimum atomic E-state index is -1.39. The molecule has 4 atom stereocenters. The van der Waals surface area contributed by atoms with E-state index in [9.17, 15) is 24.6 Å². The van der Waals surface area contributed by atoms with Crippen molar-refractivity contribution in [3.05, 3.63) is 68.5 Å². The predicted octanol–water partition coefficient (Wildman–Crippen LogP) is -0.0716. The molecular formula is C20H25N3O6. The number of aliphatic hydroxyl groups excluding tert-OH is 2. The number of H-pyrrole nitrogens is 1. The molecule has 4 N–H and O–H groups in total. The number of aromatic nitrogens is 2. The summed E-state index contributed by atoms with van der Waals surface area (Å²) < 4.78 is 6.56. The third kappa shape index (κ3) is 4.81. The first-order valence-corrected chi connectivity index (χ1v) is 9.61. The summed E-state index contributed by atoms with van der Waals surface area (Å²) in [7, 11) is 0. The molecule has 2 aromatic rings. The van der Waals surface area contributed by atoms with Gasteiger partial charge in [-0.25, -0.2) is 4.79 Å². The van der Waals surface area contributed by atoms with Crippen molar-refractivity contribution in [2.45, 2.75) is 50.7 Å². The fourth-order valence-corrected chi connectivity index (χ4v) is 3.25. The van der Waals surface area contributed by atoms with Gasteiger partial charge < -0.3 is 20.3 Å². The van der Waals surface area contributed by atoms with Crippen LogP contribution in [0.4, 0.5) is 0 Å². The van der Waals surface area contributed by atoms with Crippen LogP contribution in [0.25, 0.3) is 0 Å². The summed E-state index contributed by atoms with van der Waals surface area (Å²) in [5.74, 6) is -0.331. The number of aromatic amines is 1. The Bertz CT molecular complexity index is 952. The minimum Gasteiger partial charge on any atom is -0.387 e. The van der Waals surface area contributed by atoms with E-state index >= 15 is 0 Å². The standard InChI is InChI=1S/C20H25N3O6/c1-2-3-4-12-5-7-13(8-6-12)18(27)21-11-14-16(25)17(26)19(29-14)23-10-9-15(24)22-20(23)28/h5-10,14,16-17,19,25-26H,2-4,11H2,1H3,(H,21,27)(H,22,24,28)/t14-,16-,17+,19-/m1/s1. The summed E-state index contributed by atoms with van der Waals surface area (Å²) in [5.41, 5.74) is 0.298. The van der Waals surface area contributed by atoms with Crippen LogP contribution in [-0.4, -0.2) is 50.5 Å². The zero-order valence-electron chi connectivity index (χ0n) is 16.1. The van der Waals surface area contributed by atoms with Gasteiger partial charge in [-0.15, -0.1) is 0 Å². The molecule has 156 valence electrons. The van der Waals surface area contributed by atoms with E-state index in [4.69, 9.17) is 4.74 Å². The number of carbonyl (C=O) groups is 1. The first-order valence-electron chi connectivity index (χ1n) is 9.61. The van der Waals surface area contributed by atoms with Gasteiger partial charge in [0.2, 0.25) is 0 Å². The lowest BCUT2D eigenvalue weighted by Crippen LogP contribution is -2.40. The van der Waals surface area contributed by atoms with Gasteiger partial charge in [0.25, 0.3) is 11.5 Å². The van der Waals surface area contributed by atoms with Crippen molar-refractivity contribution < 1.29 is 19.7 Å². The summed E-state index contributed by atoms with van der Waals surface area (Å²) in [6.45, 7) is 2.07. The molecule has 0 radical (unpaired) electrons. The van der Waals surface area contributed by atoms with Gasteiger partial charge in [0.15, 0.2) is 6.23 Å². The van der Waals surface area contributed by atoms with Crippen molar-refractivity contribution in [1.29, 1.82) is 0 Å². The molecule has 1 amide bonds. The van der Waals surface area contributed by atoms with Crippen LogP contribution in [-0.2, 0) is 11.2 Å². The Kier molecular flexibility index (Phi) is 6.63. The molecule has 1 aromatic carbocycles. The molecule has 1 aromatic heterocycles. The number of rotatable bonds is 7. The Hall–Kier alpha value is -2.75. The van der Waals surface area contributed by atoms with E-state index < -0.39 is 35.8 Å². The van der Waals surface area contributed by atoms with E-state index in [1.54, 1.807) is 12.1 Å². The third-order valence-corrected chi connectivity index (χ3v) is 4.96. The van der Waals surface area contributed by atoms with Crippen molar-refractivity contribution in [2.24, 2.45) is 0 Å². The van der Waals surface area contributed by atoms with Crippen molar-refractivity contribution in [3.63, 3.8) is 0 Å². The number of nitrogens with zero attached hydrogens (tertiary/aromatic N) is 1. The third-order valence-electron chi connectivity index (χ3n) is 4.96. The van der Waals surface area contributed by atoms with Crippen molar-refractivity contribution in [3.8, 4) is 0 Å². The van der Waals surface area contributed by atoms with Crippen molar-refractivity contribution in [1.82, 2.24) is 14.9 Å². The molecule has 0 unspecified atom stereocenters. The maximum absolute atomic E-state index is 12.4. The molecular weight excluding hydrogens is 378 g/mol. The molecule has 0 spiro atoms. The summed E-state index contributed by atoms with van der Waals surface area (Å²) in [6.07, 6.45) is -0.453. The number of nitrogens with one attached hydrogen (secondary N) is 2. The lowest BCUT2D eigenvalue weighted by Gasteiger charge is -2.16. The molecule has 9 heteroatoms. The van der Waals surface area contributed by atoms with E-state index in [1.807, 2.05) is 12.1 Å². The topological polar surface area (TPSA) is 134 Å². The molecule has 9 nitrogen and oxygen atoms in total. The Morgan fingerprint density at radius 3 is 2.55 bits per heavy atom. The van der Waals surface area contributed by atoms with Gasteiger partial charge in [0, 0.05) is 24.4 Å². The number of benzene rings is 1. The van der Waals surface area contributed by atoms with Crippen molar-refractivity contribution in [2.75, 3.05) is 6.54 Å². The number of aliphatic hydroxyl groups is 2. The summed E-state index contributed by atoms with van der Waals surface area (Å²) in [6, 6.07) is 8.42. The molecule has 29 heavy (non-hydrogen) atoms. The Labute approximate surface area is 167 Å². The first kappa shape index (κ1) is 21.0. The normalized spacial score (nSPS) is 23.8. The van der Waals surface area contributed by atoms with Gasteiger partial charge in [-0.05, 0) is 30.5 Å². The molecule has 1 aliphatic heterocycles. The molecule has 0 saturated carbocycles. The molecule has 3 rings (SSSR count). The smallest absolute Gasteiger partial charge is 0.330 e. The molecule has 2 heterocycles. The van der Waals surface area contributed by atoms with E-state index in [0.717, 1.165) is 35.5 Å². The average molecular weight is 403 g/mol. The van der Waals surface area contributed by atoms with Crippen molar-refractivity contribution >= 4 is 5.91 Å². The highest BCUT2D eigenvalue weighted by atomic mass is 16.6. The predicted molar refractivity (Wildman–Crippen MR) is 105 cm³/mol. The van der Waals surface area contributed by atoms with Crippen LogP contribution in [0.5, 0.6) is 0 Å². The van der Waals surface area contributed by atoms with Gasteiger partial charge in [0.05, 0.1) is 0 Å². The van der Waals surface area contributed by atoms with E-state index in [1.165, 1.54) is 6.20 Å². The molecule has 1 aliphatic rings. The second-order valence-corrected chi connectivity index (χ2v) is 7.07. The van der Waals surface area contributed by atoms with E-state index in [-0.39, 0.29) is 12.5 Å². The number of unbranched alkanes of at least 4 members (excludes halogenated alkanes) is 1. The number of carbonyl (C=O) groups excluding carboxylic acids is 1. The Morgan fingerprint density at radius 1 is 1.17 bits per heavy atom. The average Bonchev–Trinajstić information content (AvgIpc) is 2.99. The fourth-order valence-electron chi connectivity index (χ4n) is 3.25. The molecule has 1 saturated heterocycles. The number of amides is 1. The fraction of sp³-hybridized carbons (Fsp3) is 0.450. The number of hydrogen-bond acceptors (Lipinski definition) is 6. The molecule has 1 fully saturated rings. The monoisotopic (exact) mass is 403 g/mol. The van der Waals surface area contributed by atoms with Crippen LogP contribution in [0.15, 0.2) is 46.1 Å². The van der Waals surface area contributed by atoms with Gasteiger partial charge in [-0.2, -0.15) is 0 Å². The van der Waals surface area contributed by atoms with Crippen LogP contribution in [0, 0.1) is 0 Å². The second kappa shape index (κ2) is 9.17. The maximum Gasteiger partial charge on any atom is 0.330 e.